The Morgan fingerprint density at radius 2 is 2.00 bits per heavy atom. The molecule has 3 N–H and O–H groups in total. The van der Waals surface area contributed by atoms with Crippen LogP contribution >= 0.6 is 0 Å². The Bertz CT molecular complexity index is 471. The number of amides is 1. The zero-order valence-electron chi connectivity index (χ0n) is 11.4. The van der Waals surface area contributed by atoms with Gasteiger partial charge in [0.15, 0.2) is 0 Å². The zero-order chi connectivity index (χ0) is 14.7. The predicted molar refractivity (Wildman–Crippen MR) is 73.2 cm³/mol. The van der Waals surface area contributed by atoms with Gasteiger partial charge in [-0.1, -0.05) is 0 Å². The number of benzene rings is 1. The topological polar surface area (TPSA) is 58.4 Å². The molecule has 0 bridgehead atoms. The molecule has 1 aliphatic carbocycles. The number of hydrogen-bond donors (Lipinski definition) is 2. The van der Waals surface area contributed by atoms with Crippen LogP contribution in [0.2, 0.25) is 0 Å². The van der Waals surface area contributed by atoms with E-state index in [-0.39, 0.29) is 24.2 Å². The van der Waals surface area contributed by atoms with E-state index in [0.717, 1.165) is 31.0 Å². The number of halogens is 2. The Kier molecular flexibility index (Phi) is 4.67. The monoisotopic (exact) mass is 283 g/mol. The van der Waals surface area contributed by atoms with Crippen LogP contribution in [0.15, 0.2) is 18.2 Å². The van der Waals surface area contributed by atoms with Crippen molar-refractivity contribution in [2.45, 2.75) is 18.9 Å². The summed E-state index contributed by atoms with van der Waals surface area (Å²) in [7, 11) is 1.83. The predicted octanol–water partition coefficient (Wildman–Crippen LogP) is 1.57. The van der Waals surface area contributed by atoms with Gasteiger partial charge in [0.25, 0.3) is 0 Å². The summed E-state index contributed by atoms with van der Waals surface area (Å²) in [6.45, 7) is 0.652. The summed E-state index contributed by atoms with van der Waals surface area (Å²) in [5.41, 5.74) is 5.83. The van der Waals surface area contributed by atoms with Crippen LogP contribution in [0.3, 0.4) is 0 Å². The smallest absolute Gasteiger partial charge is 0.238 e. The number of rotatable bonds is 6. The van der Waals surface area contributed by atoms with Gasteiger partial charge in [-0.3, -0.25) is 9.69 Å². The number of nitrogens with zero attached hydrogens (tertiary/aromatic N) is 1. The van der Waals surface area contributed by atoms with E-state index in [2.05, 4.69) is 5.32 Å². The van der Waals surface area contributed by atoms with Gasteiger partial charge in [-0.2, -0.15) is 0 Å². The van der Waals surface area contributed by atoms with E-state index < -0.39 is 11.6 Å². The molecule has 0 radical (unpaired) electrons. The fourth-order valence-electron chi connectivity index (χ4n) is 2.38. The highest BCUT2D eigenvalue weighted by molar-refractivity contribution is 5.92. The molecule has 1 amide bonds. The number of nitrogens with two attached hydrogens (primary N) is 1. The van der Waals surface area contributed by atoms with Crippen molar-refractivity contribution >= 4 is 11.6 Å². The molecule has 1 aromatic carbocycles. The van der Waals surface area contributed by atoms with Crippen molar-refractivity contribution in [3.63, 3.8) is 0 Å². The summed E-state index contributed by atoms with van der Waals surface area (Å²) in [4.78, 5) is 13.8. The van der Waals surface area contributed by atoms with Crippen LogP contribution in [0.1, 0.15) is 12.8 Å². The molecule has 0 spiro atoms. The van der Waals surface area contributed by atoms with Gasteiger partial charge in [-0.05, 0) is 37.9 Å². The summed E-state index contributed by atoms with van der Waals surface area (Å²) in [5.74, 6) is -1.18. The molecule has 1 unspecified atom stereocenters. The molecule has 0 aliphatic heterocycles. The molecule has 0 heterocycles. The molecule has 0 saturated heterocycles. The molecule has 1 aromatic rings. The zero-order valence-corrected chi connectivity index (χ0v) is 11.4. The Hall–Kier alpha value is -1.53. The molecule has 1 saturated carbocycles. The van der Waals surface area contributed by atoms with Gasteiger partial charge in [0.1, 0.15) is 11.6 Å². The Morgan fingerprint density at radius 1 is 1.40 bits per heavy atom. The Morgan fingerprint density at radius 3 is 2.50 bits per heavy atom. The Balaban J connectivity index is 1.91. The normalized spacial score (nSPS) is 16.2. The molecule has 4 nitrogen and oxygen atoms in total. The average Bonchev–Trinajstić information content (AvgIpc) is 3.12. The lowest BCUT2D eigenvalue weighted by Crippen LogP contribution is -2.43. The van der Waals surface area contributed by atoms with Crippen molar-refractivity contribution in [1.82, 2.24) is 4.90 Å². The molecule has 0 aromatic heterocycles. The molecular weight excluding hydrogens is 264 g/mol. The van der Waals surface area contributed by atoms with Gasteiger partial charge < -0.3 is 11.1 Å². The summed E-state index contributed by atoms with van der Waals surface area (Å²) in [6, 6.07) is 3.12. The molecule has 1 fully saturated rings. The van der Waals surface area contributed by atoms with E-state index in [0.29, 0.717) is 12.5 Å². The first-order valence-electron chi connectivity index (χ1n) is 6.66. The number of carbonyl (C=O) groups excluding carboxylic acids is 1. The van der Waals surface area contributed by atoms with Crippen molar-refractivity contribution in [2.75, 3.05) is 25.5 Å². The fourth-order valence-corrected chi connectivity index (χ4v) is 2.38. The van der Waals surface area contributed by atoms with E-state index in [4.69, 9.17) is 5.73 Å². The first-order valence-corrected chi connectivity index (χ1v) is 6.66. The SMILES string of the molecule is CN(CC(=O)Nc1cc(F)cc(F)c1)C(CN)C1CC1. The quantitative estimate of drug-likeness (QED) is 0.833. The maximum Gasteiger partial charge on any atom is 0.238 e. The third kappa shape index (κ3) is 3.98. The van der Waals surface area contributed by atoms with Crippen LogP contribution in [-0.2, 0) is 4.79 Å². The third-order valence-corrected chi connectivity index (χ3v) is 3.51. The van der Waals surface area contributed by atoms with Crippen molar-refractivity contribution in [3.8, 4) is 0 Å². The maximum absolute atomic E-state index is 13.0. The van der Waals surface area contributed by atoms with Gasteiger partial charge in [-0.25, -0.2) is 8.78 Å². The summed E-state index contributed by atoms with van der Waals surface area (Å²) in [6.07, 6.45) is 2.28. The van der Waals surface area contributed by atoms with Crippen molar-refractivity contribution in [2.24, 2.45) is 11.7 Å². The molecule has 2 rings (SSSR count). The summed E-state index contributed by atoms with van der Waals surface area (Å²) >= 11 is 0. The highest BCUT2D eigenvalue weighted by Crippen LogP contribution is 2.34. The van der Waals surface area contributed by atoms with Gasteiger partial charge in [-0.15, -0.1) is 0 Å². The first kappa shape index (κ1) is 14.9. The number of anilines is 1. The first-order chi connectivity index (χ1) is 9.49. The minimum absolute atomic E-state index is 0.122. The van der Waals surface area contributed by atoms with Crippen LogP contribution in [-0.4, -0.2) is 37.0 Å². The average molecular weight is 283 g/mol. The molecular formula is C14H19F2N3O. The van der Waals surface area contributed by atoms with Crippen LogP contribution < -0.4 is 11.1 Å². The van der Waals surface area contributed by atoms with Gasteiger partial charge >= 0.3 is 0 Å². The largest absolute Gasteiger partial charge is 0.329 e. The minimum atomic E-state index is -0.716. The number of carbonyl (C=O) groups is 1. The second-order valence-corrected chi connectivity index (χ2v) is 5.26. The molecule has 1 atom stereocenters. The van der Waals surface area contributed by atoms with E-state index in [1.54, 1.807) is 0 Å². The lowest BCUT2D eigenvalue weighted by molar-refractivity contribution is -0.117. The van der Waals surface area contributed by atoms with Crippen molar-refractivity contribution in [3.05, 3.63) is 29.8 Å². The number of nitrogens with one attached hydrogen (secondary N) is 1. The van der Waals surface area contributed by atoms with Gasteiger partial charge in [0.05, 0.1) is 6.54 Å². The fraction of sp³-hybridized carbons (Fsp3) is 0.500. The van der Waals surface area contributed by atoms with Crippen LogP contribution in [0.5, 0.6) is 0 Å². The third-order valence-electron chi connectivity index (χ3n) is 3.51. The highest BCUT2D eigenvalue weighted by Gasteiger charge is 2.33. The number of hydrogen-bond acceptors (Lipinski definition) is 3. The van der Waals surface area contributed by atoms with Crippen LogP contribution in [0.4, 0.5) is 14.5 Å². The van der Waals surface area contributed by atoms with Gasteiger partial charge in [0.2, 0.25) is 5.91 Å². The van der Waals surface area contributed by atoms with Crippen LogP contribution in [0.25, 0.3) is 0 Å². The molecule has 1 aliphatic rings. The van der Waals surface area contributed by atoms with Gasteiger partial charge in [0, 0.05) is 24.3 Å². The Labute approximate surface area is 116 Å². The minimum Gasteiger partial charge on any atom is -0.329 e. The number of likely N-dealkylation sites (N-methyl/N-ethyl adjacent to an activating group) is 1. The van der Waals surface area contributed by atoms with E-state index >= 15 is 0 Å². The summed E-state index contributed by atoms with van der Waals surface area (Å²) in [5, 5.41) is 2.49. The molecule has 6 heteroatoms. The standard InChI is InChI=1S/C14H19F2N3O/c1-19(13(7-17)9-2-3-9)8-14(20)18-12-5-10(15)4-11(16)6-12/h4-6,9,13H,2-3,7-8,17H2,1H3,(H,18,20). The van der Waals surface area contributed by atoms with Crippen molar-refractivity contribution < 1.29 is 13.6 Å². The molecule has 20 heavy (non-hydrogen) atoms. The second kappa shape index (κ2) is 6.28. The summed E-state index contributed by atoms with van der Waals surface area (Å²) < 4.78 is 26.0. The highest BCUT2D eigenvalue weighted by atomic mass is 19.1. The van der Waals surface area contributed by atoms with E-state index in [9.17, 15) is 13.6 Å². The maximum atomic E-state index is 13.0. The van der Waals surface area contributed by atoms with E-state index in [1.165, 1.54) is 0 Å². The lowest BCUT2D eigenvalue weighted by atomic mass is 10.1. The molecule has 110 valence electrons. The van der Waals surface area contributed by atoms with Crippen molar-refractivity contribution in [1.29, 1.82) is 0 Å². The van der Waals surface area contributed by atoms with Crippen LogP contribution in [0, 0.1) is 17.6 Å². The van der Waals surface area contributed by atoms with E-state index in [1.807, 2.05) is 11.9 Å². The second-order valence-electron chi connectivity index (χ2n) is 5.26. The lowest BCUT2D eigenvalue weighted by Gasteiger charge is -2.26.